The molecule has 7 nitrogen and oxygen atoms in total. The van der Waals surface area contributed by atoms with E-state index >= 15 is 0 Å². The topological polar surface area (TPSA) is 91.8 Å². The first-order valence-corrected chi connectivity index (χ1v) is 11.7. The molecule has 3 rings (SSSR count). The third kappa shape index (κ3) is 6.99. The predicted molar refractivity (Wildman–Crippen MR) is 128 cm³/mol. The first-order chi connectivity index (χ1) is 13.3. The van der Waals surface area contributed by atoms with Crippen LogP contribution in [0.15, 0.2) is 29.3 Å². The molecule has 0 aromatic heterocycles. The molecule has 0 bridgehead atoms. The third-order valence-corrected chi connectivity index (χ3v) is 6.74. The van der Waals surface area contributed by atoms with Crippen molar-refractivity contribution in [3.63, 3.8) is 0 Å². The molecular weight excluding hydrogens is 503 g/mol. The molecule has 1 saturated carbocycles. The summed E-state index contributed by atoms with van der Waals surface area (Å²) in [5.41, 5.74) is 0.791. The van der Waals surface area contributed by atoms with Crippen LogP contribution >= 0.6 is 24.0 Å². The zero-order valence-electron chi connectivity index (χ0n) is 17.4. The molecule has 0 saturated heterocycles. The second-order valence-electron chi connectivity index (χ2n) is 8.26. The molecule has 29 heavy (non-hydrogen) atoms. The molecule has 2 aliphatic rings. The van der Waals surface area contributed by atoms with Crippen molar-refractivity contribution in [3.05, 3.63) is 29.8 Å². The lowest BCUT2D eigenvalue weighted by Gasteiger charge is -2.38. The SMILES string of the molecule is CN=C(NCCS(=O)(=O)NCC1CCC1)NC1CC(C)(C)Oc2ccccc21.I. The van der Waals surface area contributed by atoms with Gasteiger partial charge in [0.2, 0.25) is 10.0 Å². The summed E-state index contributed by atoms with van der Waals surface area (Å²) in [6, 6.07) is 8.02. The van der Waals surface area contributed by atoms with Crippen LogP contribution in [0.3, 0.4) is 0 Å². The fourth-order valence-corrected chi connectivity index (χ4v) is 4.61. The van der Waals surface area contributed by atoms with Crippen LogP contribution < -0.4 is 20.1 Å². The van der Waals surface area contributed by atoms with Gasteiger partial charge in [0, 0.05) is 32.1 Å². The van der Waals surface area contributed by atoms with Crippen molar-refractivity contribution in [3.8, 4) is 5.75 Å². The van der Waals surface area contributed by atoms with Crippen LogP contribution in [0.4, 0.5) is 0 Å². The Hall–Kier alpha value is -1.07. The minimum absolute atomic E-state index is 0. The van der Waals surface area contributed by atoms with E-state index in [1.54, 1.807) is 7.05 Å². The van der Waals surface area contributed by atoms with Crippen molar-refractivity contribution < 1.29 is 13.2 Å². The molecule has 9 heteroatoms. The minimum atomic E-state index is -3.27. The fraction of sp³-hybridized carbons (Fsp3) is 0.650. The zero-order valence-corrected chi connectivity index (χ0v) is 20.5. The maximum Gasteiger partial charge on any atom is 0.213 e. The van der Waals surface area contributed by atoms with Crippen molar-refractivity contribution >= 4 is 40.0 Å². The highest BCUT2D eigenvalue weighted by Gasteiger charge is 2.34. The van der Waals surface area contributed by atoms with Gasteiger partial charge < -0.3 is 15.4 Å². The molecule has 1 aromatic rings. The number of para-hydroxylation sites is 1. The van der Waals surface area contributed by atoms with Crippen molar-refractivity contribution in [1.29, 1.82) is 0 Å². The van der Waals surface area contributed by atoms with Gasteiger partial charge in [0.25, 0.3) is 0 Å². The van der Waals surface area contributed by atoms with E-state index < -0.39 is 10.0 Å². The number of nitrogens with one attached hydrogen (secondary N) is 3. The first kappa shape index (κ1) is 24.2. The Morgan fingerprint density at radius 1 is 1.28 bits per heavy atom. The fourth-order valence-electron chi connectivity index (χ4n) is 3.61. The number of hydrogen-bond donors (Lipinski definition) is 3. The van der Waals surface area contributed by atoms with Crippen LogP contribution in [0, 0.1) is 5.92 Å². The monoisotopic (exact) mass is 536 g/mol. The van der Waals surface area contributed by atoms with Crippen LogP contribution in [-0.4, -0.2) is 45.9 Å². The Bertz CT molecular complexity index is 810. The molecule has 1 aliphatic carbocycles. The second kappa shape index (κ2) is 10.3. The Labute approximate surface area is 191 Å². The van der Waals surface area contributed by atoms with E-state index in [9.17, 15) is 8.42 Å². The molecule has 1 unspecified atom stereocenters. The van der Waals surface area contributed by atoms with E-state index in [4.69, 9.17) is 4.74 Å². The Kier molecular flexibility index (Phi) is 8.59. The lowest BCUT2D eigenvalue weighted by Crippen LogP contribution is -2.46. The first-order valence-electron chi connectivity index (χ1n) is 10.0. The lowest BCUT2D eigenvalue weighted by atomic mass is 9.86. The van der Waals surface area contributed by atoms with Crippen LogP contribution in [-0.2, 0) is 10.0 Å². The summed E-state index contributed by atoms with van der Waals surface area (Å²) < 4.78 is 33.1. The molecule has 1 fully saturated rings. The molecule has 0 amide bonds. The molecule has 1 atom stereocenters. The summed E-state index contributed by atoms with van der Waals surface area (Å²) in [6.45, 7) is 4.99. The van der Waals surface area contributed by atoms with Gasteiger partial charge in [-0.2, -0.15) is 0 Å². The second-order valence-corrected chi connectivity index (χ2v) is 10.2. The Morgan fingerprint density at radius 3 is 2.66 bits per heavy atom. The smallest absolute Gasteiger partial charge is 0.213 e. The summed E-state index contributed by atoms with van der Waals surface area (Å²) in [6.07, 6.45) is 4.24. The van der Waals surface area contributed by atoms with Gasteiger partial charge in [0.1, 0.15) is 11.4 Å². The summed E-state index contributed by atoms with van der Waals surface area (Å²) in [5, 5.41) is 6.54. The number of rotatable bonds is 7. The molecular formula is C20H33IN4O3S. The number of fused-ring (bicyclic) bond motifs is 1. The molecule has 0 radical (unpaired) electrons. The molecule has 1 aliphatic heterocycles. The van der Waals surface area contributed by atoms with E-state index in [1.165, 1.54) is 6.42 Å². The van der Waals surface area contributed by atoms with Crippen LogP contribution in [0.5, 0.6) is 5.75 Å². The van der Waals surface area contributed by atoms with E-state index in [0.29, 0.717) is 25.0 Å². The van der Waals surface area contributed by atoms with Gasteiger partial charge in [0.05, 0.1) is 11.8 Å². The molecule has 3 N–H and O–H groups in total. The number of benzene rings is 1. The number of sulfonamides is 1. The van der Waals surface area contributed by atoms with E-state index in [0.717, 1.165) is 30.6 Å². The quantitative estimate of drug-likeness (QED) is 0.283. The van der Waals surface area contributed by atoms with E-state index in [2.05, 4.69) is 34.2 Å². The number of ether oxygens (including phenoxy) is 1. The maximum atomic E-state index is 12.2. The Balaban J connectivity index is 0.00000300. The van der Waals surface area contributed by atoms with Crippen molar-refractivity contribution in [2.45, 2.75) is 51.2 Å². The van der Waals surface area contributed by atoms with Crippen molar-refractivity contribution in [2.75, 3.05) is 25.9 Å². The third-order valence-electron chi connectivity index (χ3n) is 5.39. The lowest BCUT2D eigenvalue weighted by molar-refractivity contribution is 0.0694. The standard InChI is InChI=1S/C20H32N4O3S.HI/c1-20(2)13-17(16-9-4-5-10-18(16)27-20)24-19(21-3)22-11-12-28(25,26)23-14-15-7-6-8-15;/h4-5,9-10,15,17,23H,6-8,11-14H2,1-3H3,(H2,21,22,24);1H. The summed E-state index contributed by atoms with van der Waals surface area (Å²) >= 11 is 0. The zero-order chi connectivity index (χ0) is 20.2. The van der Waals surface area contributed by atoms with Crippen molar-refractivity contribution in [1.82, 2.24) is 15.4 Å². The average molecular weight is 536 g/mol. The summed E-state index contributed by atoms with van der Waals surface area (Å²) in [7, 11) is -1.58. The summed E-state index contributed by atoms with van der Waals surface area (Å²) in [5.74, 6) is 1.99. The minimum Gasteiger partial charge on any atom is -0.487 e. The number of halogens is 1. The molecule has 0 spiro atoms. The van der Waals surface area contributed by atoms with E-state index in [1.807, 2.05) is 24.3 Å². The number of aliphatic imine (C=N–C) groups is 1. The van der Waals surface area contributed by atoms with Crippen LogP contribution in [0.25, 0.3) is 0 Å². The van der Waals surface area contributed by atoms with Crippen LogP contribution in [0.2, 0.25) is 0 Å². The normalized spacial score (nSPS) is 21.2. The maximum absolute atomic E-state index is 12.2. The van der Waals surface area contributed by atoms with Gasteiger partial charge in [-0.1, -0.05) is 24.6 Å². The molecule has 164 valence electrons. The van der Waals surface area contributed by atoms with Gasteiger partial charge >= 0.3 is 0 Å². The number of hydrogen-bond acceptors (Lipinski definition) is 4. The van der Waals surface area contributed by atoms with Gasteiger partial charge in [-0.15, -0.1) is 24.0 Å². The average Bonchev–Trinajstić information content (AvgIpc) is 2.58. The highest BCUT2D eigenvalue weighted by Crippen LogP contribution is 2.39. The molecule has 1 aromatic carbocycles. The predicted octanol–water partition coefficient (Wildman–Crippen LogP) is 2.79. The van der Waals surface area contributed by atoms with Gasteiger partial charge in [-0.25, -0.2) is 13.1 Å². The van der Waals surface area contributed by atoms with E-state index in [-0.39, 0.29) is 41.4 Å². The Morgan fingerprint density at radius 2 is 2.00 bits per heavy atom. The number of nitrogens with zero attached hydrogens (tertiary/aromatic N) is 1. The van der Waals surface area contributed by atoms with Gasteiger partial charge in [0.15, 0.2) is 5.96 Å². The number of guanidine groups is 1. The largest absolute Gasteiger partial charge is 0.487 e. The molecule has 1 heterocycles. The van der Waals surface area contributed by atoms with Gasteiger partial charge in [-0.05, 0) is 38.7 Å². The summed E-state index contributed by atoms with van der Waals surface area (Å²) in [4.78, 5) is 4.26. The highest BCUT2D eigenvalue weighted by atomic mass is 127. The highest BCUT2D eigenvalue weighted by molar-refractivity contribution is 14.0. The van der Waals surface area contributed by atoms with Gasteiger partial charge in [-0.3, -0.25) is 4.99 Å². The van der Waals surface area contributed by atoms with Crippen LogP contribution in [0.1, 0.15) is 51.1 Å². The van der Waals surface area contributed by atoms with Crippen molar-refractivity contribution in [2.24, 2.45) is 10.9 Å².